The molecule has 0 aromatic heterocycles. The number of benzene rings is 2. The molecule has 2 aromatic rings. The fourth-order valence-corrected chi connectivity index (χ4v) is 5.15. The van der Waals surface area contributed by atoms with Gasteiger partial charge in [-0.15, -0.1) is 0 Å². The standard InChI is InChI=1S/C26H22O14S2/c1-35-19(27)11-7-13(21(29)37-3)17(14(8-11)22(30)38-4)25(33)41-42-26(34)18-15(23(31)39-5)9-12(20(28)36-2)10-16(18)24(32)40-6/h7-10H,1-6H3. The molecule has 0 saturated heterocycles. The first-order valence-electron chi connectivity index (χ1n) is 11.2. The van der Waals surface area contributed by atoms with Gasteiger partial charge in [-0.2, -0.15) is 0 Å². The Labute approximate surface area is 245 Å². The molecule has 0 aliphatic rings. The van der Waals surface area contributed by atoms with E-state index in [0.29, 0.717) is 0 Å². The average Bonchev–Trinajstić information content (AvgIpc) is 3.02. The Balaban J connectivity index is 2.67. The summed E-state index contributed by atoms with van der Waals surface area (Å²) in [5.74, 6) is -6.31. The van der Waals surface area contributed by atoms with Crippen molar-refractivity contribution in [3.05, 3.63) is 68.8 Å². The lowest BCUT2D eigenvalue weighted by molar-refractivity contribution is 0.0568. The van der Waals surface area contributed by atoms with Crippen LogP contribution in [0.3, 0.4) is 0 Å². The largest absolute Gasteiger partial charge is 0.465 e. The molecule has 222 valence electrons. The number of hydrogen-bond acceptors (Lipinski definition) is 16. The van der Waals surface area contributed by atoms with Gasteiger partial charge in [0.2, 0.25) is 10.2 Å². The van der Waals surface area contributed by atoms with Crippen molar-refractivity contribution >= 4 is 67.6 Å². The second-order valence-electron chi connectivity index (χ2n) is 7.58. The normalized spacial score (nSPS) is 10.1. The third-order valence-corrected chi connectivity index (χ3v) is 7.29. The molecule has 16 heteroatoms. The van der Waals surface area contributed by atoms with Crippen LogP contribution in [0.2, 0.25) is 0 Å². The molecule has 0 aliphatic carbocycles. The molecule has 0 N–H and O–H groups in total. The average molecular weight is 623 g/mol. The van der Waals surface area contributed by atoms with Gasteiger partial charge in [-0.25, -0.2) is 28.8 Å². The van der Waals surface area contributed by atoms with Crippen molar-refractivity contribution in [3.63, 3.8) is 0 Å². The minimum absolute atomic E-state index is 0.208. The van der Waals surface area contributed by atoms with E-state index in [2.05, 4.69) is 28.4 Å². The Kier molecular flexibility index (Phi) is 11.8. The predicted molar refractivity (Wildman–Crippen MR) is 145 cm³/mol. The monoisotopic (exact) mass is 622 g/mol. The van der Waals surface area contributed by atoms with Gasteiger partial charge >= 0.3 is 35.8 Å². The Bertz CT molecular complexity index is 1310. The number of rotatable bonds is 8. The maximum Gasteiger partial charge on any atom is 0.338 e. The van der Waals surface area contributed by atoms with Gasteiger partial charge in [0, 0.05) is 0 Å². The topological polar surface area (TPSA) is 192 Å². The zero-order valence-corrected chi connectivity index (χ0v) is 24.5. The third-order valence-electron chi connectivity index (χ3n) is 5.34. The van der Waals surface area contributed by atoms with E-state index in [1.165, 1.54) is 0 Å². The molecule has 0 bridgehead atoms. The summed E-state index contributed by atoms with van der Waals surface area (Å²) in [7, 11) is 6.49. The van der Waals surface area contributed by atoms with Crippen LogP contribution in [0.15, 0.2) is 24.3 Å². The Morgan fingerprint density at radius 1 is 0.405 bits per heavy atom. The molecule has 0 atom stereocenters. The molecule has 14 nitrogen and oxygen atoms in total. The molecular weight excluding hydrogens is 600 g/mol. The van der Waals surface area contributed by atoms with Gasteiger partial charge < -0.3 is 28.4 Å². The predicted octanol–water partition coefficient (Wildman–Crippen LogP) is 2.77. The van der Waals surface area contributed by atoms with E-state index in [1.807, 2.05) is 0 Å². The molecule has 0 amide bonds. The summed E-state index contributed by atoms with van der Waals surface area (Å²) >= 11 is 0. The van der Waals surface area contributed by atoms with Crippen molar-refractivity contribution in [1.82, 2.24) is 0 Å². The molecule has 2 aromatic carbocycles. The number of ether oxygens (including phenoxy) is 6. The first-order chi connectivity index (χ1) is 19.9. The van der Waals surface area contributed by atoms with Crippen LogP contribution in [0.1, 0.15) is 82.9 Å². The van der Waals surface area contributed by atoms with Crippen LogP contribution in [0.4, 0.5) is 0 Å². The highest BCUT2D eigenvalue weighted by Gasteiger charge is 2.32. The minimum Gasteiger partial charge on any atom is -0.465 e. The zero-order chi connectivity index (χ0) is 31.7. The second kappa shape index (κ2) is 14.8. The van der Waals surface area contributed by atoms with Gasteiger partial charge in [-0.3, -0.25) is 9.59 Å². The highest BCUT2D eigenvalue weighted by Crippen LogP contribution is 2.35. The molecule has 0 fully saturated rings. The van der Waals surface area contributed by atoms with Crippen LogP contribution in [0, 0.1) is 0 Å². The third kappa shape index (κ3) is 7.13. The number of esters is 6. The first-order valence-corrected chi connectivity index (χ1v) is 13.3. The van der Waals surface area contributed by atoms with Crippen LogP contribution >= 0.6 is 21.6 Å². The van der Waals surface area contributed by atoms with Crippen molar-refractivity contribution in [2.75, 3.05) is 42.7 Å². The van der Waals surface area contributed by atoms with Crippen molar-refractivity contribution in [1.29, 1.82) is 0 Å². The summed E-state index contributed by atoms with van der Waals surface area (Å²) in [6, 6.07) is 3.84. The Morgan fingerprint density at radius 2 is 0.619 bits per heavy atom. The molecule has 0 unspecified atom stereocenters. The summed E-state index contributed by atoms with van der Waals surface area (Å²) in [6.45, 7) is 0. The summed E-state index contributed by atoms with van der Waals surface area (Å²) in [4.78, 5) is 101. The molecular formula is C26H22O14S2. The fraction of sp³-hybridized carbons (Fsp3) is 0.231. The van der Waals surface area contributed by atoms with Crippen LogP contribution in [-0.4, -0.2) is 88.7 Å². The molecule has 0 spiro atoms. The number of methoxy groups -OCH3 is 6. The van der Waals surface area contributed by atoms with E-state index in [1.54, 1.807) is 0 Å². The van der Waals surface area contributed by atoms with Crippen LogP contribution in [0.5, 0.6) is 0 Å². The van der Waals surface area contributed by atoms with Gasteiger partial charge in [-0.1, -0.05) is 0 Å². The van der Waals surface area contributed by atoms with Gasteiger partial charge in [0.25, 0.3) is 0 Å². The van der Waals surface area contributed by atoms with Crippen LogP contribution in [-0.2, 0) is 28.4 Å². The lowest BCUT2D eigenvalue weighted by atomic mass is 9.98. The van der Waals surface area contributed by atoms with E-state index in [-0.39, 0.29) is 32.7 Å². The summed E-state index contributed by atoms with van der Waals surface area (Å²) in [5.41, 5.74) is -3.74. The van der Waals surface area contributed by atoms with E-state index < -0.39 is 79.4 Å². The molecule has 0 aliphatic heterocycles. The van der Waals surface area contributed by atoms with E-state index >= 15 is 0 Å². The maximum atomic E-state index is 13.4. The first kappa shape index (κ1) is 33.5. The summed E-state index contributed by atoms with van der Waals surface area (Å²) in [5, 5.41) is -2.09. The molecule has 0 heterocycles. The lowest BCUT2D eigenvalue weighted by Gasteiger charge is -2.14. The quantitative estimate of drug-likeness (QED) is 0.237. The number of carbonyl (C=O) groups excluding carboxylic acids is 8. The van der Waals surface area contributed by atoms with E-state index in [0.717, 1.165) is 66.9 Å². The van der Waals surface area contributed by atoms with Crippen LogP contribution < -0.4 is 0 Å². The van der Waals surface area contributed by atoms with E-state index in [4.69, 9.17) is 0 Å². The summed E-state index contributed by atoms with van der Waals surface area (Å²) in [6.07, 6.45) is 0. The van der Waals surface area contributed by atoms with Crippen molar-refractivity contribution in [2.24, 2.45) is 0 Å². The van der Waals surface area contributed by atoms with Gasteiger partial charge in [0.1, 0.15) is 0 Å². The zero-order valence-electron chi connectivity index (χ0n) is 22.8. The number of hydrogen-bond donors (Lipinski definition) is 0. The van der Waals surface area contributed by atoms with Gasteiger partial charge in [-0.05, 0) is 45.9 Å². The van der Waals surface area contributed by atoms with Crippen molar-refractivity contribution in [2.45, 2.75) is 0 Å². The molecule has 0 radical (unpaired) electrons. The highest BCUT2D eigenvalue weighted by molar-refractivity contribution is 8.87. The van der Waals surface area contributed by atoms with Crippen LogP contribution in [0.25, 0.3) is 0 Å². The van der Waals surface area contributed by atoms with Gasteiger partial charge in [0.15, 0.2) is 0 Å². The van der Waals surface area contributed by atoms with Gasteiger partial charge in [0.05, 0.1) is 87.2 Å². The van der Waals surface area contributed by atoms with Crippen molar-refractivity contribution in [3.8, 4) is 0 Å². The number of carbonyl (C=O) groups is 8. The Morgan fingerprint density at radius 3 is 0.810 bits per heavy atom. The maximum absolute atomic E-state index is 13.4. The molecule has 0 saturated carbocycles. The smallest absolute Gasteiger partial charge is 0.338 e. The summed E-state index contributed by atoms with van der Waals surface area (Å²) < 4.78 is 28.0. The highest BCUT2D eigenvalue weighted by atomic mass is 33.1. The fourth-order valence-electron chi connectivity index (χ4n) is 3.44. The SMILES string of the molecule is COC(=O)c1cc(C(=O)OC)c(C(=O)SSC(=O)c2c(C(=O)OC)cc(C(=O)OC)cc2C(=O)OC)c(C(=O)OC)c1. The molecule has 2 rings (SSSR count). The minimum atomic E-state index is -1.11. The Hall–Kier alpha value is -4.70. The lowest BCUT2D eigenvalue weighted by Crippen LogP contribution is -2.19. The van der Waals surface area contributed by atoms with Crippen molar-refractivity contribution < 1.29 is 66.8 Å². The molecule has 42 heavy (non-hydrogen) atoms. The second-order valence-corrected chi connectivity index (χ2v) is 9.66. The van der Waals surface area contributed by atoms with E-state index in [9.17, 15) is 38.4 Å².